The number of aliphatic hydroxyl groups excluding tert-OH is 4. The predicted molar refractivity (Wildman–Crippen MR) is 254 cm³/mol. The van der Waals surface area contributed by atoms with Crippen molar-refractivity contribution in [3.8, 4) is 11.4 Å². The van der Waals surface area contributed by atoms with E-state index in [1.165, 1.54) is 46.1 Å². The maximum absolute atomic E-state index is 13.6. The fourth-order valence-electron chi connectivity index (χ4n) is 9.30. The van der Waals surface area contributed by atoms with Crippen LogP contribution in [0.25, 0.3) is 33.7 Å². The quantitative estimate of drug-likeness (QED) is 0.0333. The van der Waals surface area contributed by atoms with Gasteiger partial charge in [0.15, 0.2) is 47.0 Å². The molecule has 7 heterocycles. The van der Waals surface area contributed by atoms with Gasteiger partial charge in [0, 0.05) is 41.4 Å². The van der Waals surface area contributed by atoms with Gasteiger partial charge >= 0.3 is 22.2 Å². The second-order valence-corrected chi connectivity index (χ2v) is 21.0. The lowest BCUT2D eigenvalue weighted by Gasteiger charge is -2.21. The minimum atomic E-state index is -4.92. The van der Waals surface area contributed by atoms with Crippen LogP contribution in [0.1, 0.15) is 81.2 Å². The summed E-state index contributed by atoms with van der Waals surface area (Å²) in [6.07, 6.45) is -7.77. The van der Waals surface area contributed by atoms with Crippen LogP contribution < -0.4 is 20.9 Å². The van der Waals surface area contributed by atoms with Gasteiger partial charge in [-0.25, -0.2) is 57.4 Å². The number of sulfonamides is 1. The van der Waals surface area contributed by atoms with Crippen LogP contribution in [0, 0.1) is 0 Å². The van der Waals surface area contributed by atoms with Crippen LogP contribution in [0.15, 0.2) is 72.9 Å². The Kier molecular flexibility index (Phi) is 13.2. The number of nitrogens with two attached hydrogens (primary N) is 2. The fourth-order valence-corrected chi connectivity index (χ4v) is 11.2. The van der Waals surface area contributed by atoms with E-state index < -0.39 is 135 Å². The van der Waals surface area contributed by atoms with Gasteiger partial charge < -0.3 is 56.3 Å². The molecule has 76 heavy (non-hydrogen) atoms. The first-order chi connectivity index (χ1) is 36.0. The van der Waals surface area contributed by atoms with Crippen molar-refractivity contribution in [2.24, 2.45) is 0 Å². The minimum Gasteiger partial charge on any atom is -0.478 e. The number of nitrogens with zero attached hydrogens (tertiary/aromatic N) is 8. The molecular weight excluding hydrogens is 1050 g/mol. The lowest BCUT2D eigenvalue weighted by Crippen LogP contribution is -2.39. The summed E-state index contributed by atoms with van der Waals surface area (Å²) in [4.78, 5) is 75.8. The molecule has 6 aromatic rings. The maximum Gasteiger partial charge on any atom is 0.362 e. The van der Waals surface area contributed by atoms with E-state index in [0.717, 1.165) is 23.9 Å². The zero-order valence-electron chi connectivity index (χ0n) is 38.9. The Labute approximate surface area is 427 Å². The highest BCUT2D eigenvalue weighted by Gasteiger charge is 2.70. The van der Waals surface area contributed by atoms with E-state index in [2.05, 4.69) is 34.6 Å². The number of carbonyl (C=O) groups is 4. The molecule has 3 fully saturated rings. The van der Waals surface area contributed by atoms with E-state index in [1.54, 1.807) is 16.9 Å². The molecule has 3 aliphatic heterocycles. The Morgan fingerprint density at radius 3 is 2.34 bits per heavy atom. The van der Waals surface area contributed by atoms with Crippen LogP contribution in [0.2, 0.25) is 0 Å². The lowest BCUT2D eigenvalue weighted by atomic mass is 9.97. The number of aromatic nitrogens is 8. The highest BCUT2D eigenvalue weighted by Crippen LogP contribution is 2.53. The Balaban J connectivity index is 0.772. The van der Waals surface area contributed by atoms with Crippen molar-refractivity contribution < 1.29 is 85.0 Å². The normalized spacial score (nSPS) is 27.1. The molecule has 10 atom stereocenters. The van der Waals surface area contributed by atoms with Crippen molar-refractivity contribution >= 4 is 77.9 Å². The SMILES string of the molecule is Nc1ncnc2c1ncn2[C@@H]1O[C@H](COS(=O)(=O)NC(=O)CCC(=O)c2cc(-c3nc(N)c4ncn([C@@H]5OC6(CC6NS(=O)(=O)/C=C/CCC6(O)OC(=O)c7ccccc76)[C@@H](O)[C@H]5O)c4n3)ccc2C(=O)O)[C@@H](O)[C@H]1O. The van der Waals surface area contributed by atoms with Crippen LogP contribution in [0.3, 0.4) is 0 Å². The number of cyclic esters (lactones) is 1. The summed E-state index contributed by atoms with van der Waals surface area (Å²) in [5, 5.41) is 65.5. The molecule has 2 saturated heterocycles. The largest absolute Gasteiger partial charge is 0.478 e. The average molecular weight is 1090 g/mol. The summed E-state index contributed by atoms with van der Waals surface area (Å²) in [7, 11) is -9.11. The maximum atomic E-state index is 13.6. The van der Waals surface area contributed by atoms with Crippen LogP contribution in [-0.2, 0) is 49.3 Å². The number of ether oxygens (including phenoxy) is 3. The van der Waals surface area contributed by atoms with Gasteiger partial charge in [-0.2, -0.15) is 8.42 Å². The average Bonchev–Trinajstić information content (AvgIpc) is 3.84. The molecule has 400 valence electrons. The number of aromatic carboxylic acids is 1. The highest BCUT2D eigenvalue weighted by molar-refractivity contribution is 7.92. The molecule has 3 unspecified atom stereocenters. The molecular formula is C44H44N12O18S2. The molecule has 30 nitrogen and oxygen atoms in total. The molecule has 0 bridgehead atoms. The number of imidazole rings is 2. The zero-order valence-corrected chi connectivity index (χ0v) is 40.6. The second kappa shape index (κ2) is 19.3. The highest BCUT2D eigenvalue weighted by atomic mass is 32.2. The summed E-state index contributed by atoms with van der Waals surface area (Å²) >= 11 is 0. The number of allylic oxidation sites excluding steroid dienone is 1. The number of carboxylic acids is 1. The van der Waals surface area contributed by atoms with Crippen LogP contribution in [0.4, 0.5) is 11.6 Å². The molecule has 4 aliphatic rings. The van der Waals surface area contributed by atoms with Crippen molar-refractivity contribution in [1.82, 2.24) is 48.5 Å². The molecule has 1 amide bonds. The van der Waals surface area contributed by atoms with Crippen LogP contribution in [-0.4, -0.2) is 159 Å². The zero-order chi connectivity index (χ0) is 54.2. The smallest absolute Gasteiger partial charge is 0.362 e. The molecule has 10 rings (SSSR count). The summed E-state index contributed by atoms with van der Waals surface area (Å²) in [6.45, 7) is -0.886. The number of hydrogen-bond donors (Lipinski definition) is 10. The summed E-state index contributed by atoms with van der Waals surface area (Å²) in [5.74, 6) is -6.76. The fraction of sp³-hybridized carbons (Fsp3) is 0.364. The van der Waals surface area contributed by atoms with Crippen molar-refractivity contribution in [3.63, 3.8) is 0 Å². The van der Waals surface area contributed by atoms with Crippen LogP contribution >= 0.6 is 0 Å². The first-order valence-corrected chi connectivity index (χ1v) is 25.8. The first kappa shape index (κ1) is 52.0. The van der Waals surface area contributed by atoms with Crippen molar-refractivity contribution in [2.45, 2.75) is 92.5 Å². The minimum absolute atomic E-state index is 0.00414. The number of rotatable bonds is 18. The number of nitrogens with one attached hydrogen (secondary N) is 2. The van der Waals surface area contributed by atoms with Gasteiger partial charge in [-0.1, -0.05) is 30.3 Å². The van der Waals surface area contributed by atoms with E-state index in [-0.39, 0.29) is 75.7 Å². The van der Waals surface area contributed by atoms with Gasteiger partial charge in [-0.3, -0.25) is 22.9 Å². The number of benzene rings is 2. The standard InChI is InChI=1S/C44H44N12O18S2/c45-34-28-37(48-16-47-34)55(17-49-28)39-31(60)30(59)25(72-39)15-71-76(69,70)54-27(58)10-9-24(57)22-13-19(7-8-20(22)41(63)64)36-51-35(46)29-38(52-36)56(18-50-29)40-32(61)33(62)43(73-40)14-26(43)53-75(67,68)12-4-3-11-44(66)23-6-2-1-5-21(23)42(65)74-44/h1-2,4-8,12-13,16-18,25-26,30-33,39-40,53,59-62,66H,3,9-11,14-15H2,(H,54,58)(H,63,64)(H2,45,47,48)(H2,46,51,52)/b12-4+/t25-,26?,30-,31-,32-,33+,39-,40-,43?,44?/m1/s1. The number of carboxylic acid groups (broad SMARTS) is 1. The number of carbonyl (C=O) groups excluding carboxylic acids is 3. The van der Waals surface area contributed by atoms with Gasteiger partial charge in [0.2, 0.25) is 21.7 Å². The monoisotopic (exact) mass is 1090 g/mol. The Hall–Kier alpha value is -7.50. The number of esters is 1. The first-order valence-electron chi connectivity index (χ1n) is 22.8. The molecule has 1 aliphatic carbocycles. The number of hydrogen-bond acceptors (Lipinski definition) is 25. The number of aliphatic hydroxyl groups is 5. The topological polar surface area (TPSA) is 458 Å². The van der Waals surface area contributed by atoms with Crippen molar-refractivity contribution in [3.05, 3.63) is 95.2 Å². The van der Waals surface area contributed by atoms with Gasteiger partial charge in [-0.15, -0.1) is 0 Å². The van der Waals surface area contributed by atoms with Crippen molar-refractivity contribution in [2.75, 3.05) is 18.1 Å². The van der Waals surface area contributed by atoms with E-state index in [0.29, 0.717) is 0 Å². The lowest BCUT2D eigenvalue weighted by molar-refractivity contribution is -0.166. The second-order valence-electron chi connectivity index (χ2n) is 18.1. The van der Waals surface area contributed by atoms with Crippen molar-refractivity contribution in [1.29, 1.82) is 0 Å². The summed E-state index contributed by atoms with van der Waals surface area (Å²) < 4.78 is 80.0. The number of fused-ring (bicyclic) bond motifs is 3. The molecule has 12 N–H and O–H groups in total. The Morgan fingerprint density at radius 2 is 1.59 bits per heavy atom. The Bertz CT molecular complexity index is 3630. The van der Waals surface area contributed by atoms with Gasteiger partial charge in [0.05, 0.1) is 36.4 Å². The third-order valence-electron chi connectivity index (χ3n) is 13.2. The van der Waals surface area contributed by atoms with E-state index in [9.17, 15) is 66.7 Å². The molecule has 32 heteroatoms. The number of anilines is 2. The number of amides is 1. The molecule has 1 saturated carbocycles. The molecule has 4 aromatic heterocycles. The number of nitrogen functional groups attached to an aromatic ring is 2. The van der Waals surface area contributed by atoms with E-state index >= 15 is 0 Å². The number of ketones is 1. The summed E-state index contributed by atoms with van der Waals surface area (Å²) in [6, 6.07) is 8.66. The molecule has 1 spiro atoms. The van der Waals surface area contributed by atoms with Gasteiger partial charge in [0.25, 0.3) is 0 Å². The Morgan fingerprint density at radius 1 is 0.868 bits per heavy atom. The third-order valence-corrected chi connectivity index (χ3v) is 15.3. The molecule has 2 aromatic carbocycles. The summed E-state index contributed by atoms with van der Waals surface area (Å²) in [5.41, 5.74) is 10.2. The van der Waals surface area contributed by atoms with Gasteiger partial charge in [-0.05, 0) is 31.0 Å². The number of Topliss-reactive ketones (excluding diaryl/α,β-unsaturated/α-hetero) is 1. The van der Waals surface area contributed by atoms with E-state index in [1.807, 2.05) is 0 Å². The molecule has 0 radical (unpaired) electrons. The third kappa shape index (κ3) is 9.48. The predicted octanol–water partition coefficient (Wildman–Crippen LogP) is -1.85. The van der Waals surface area contributed by atoms with Gasteiger partial charge in [0.1, 0.15) is 53.5 Å². The van der Waals surface area contributed by atoms with Crippen LogP contribution in [0.5, 0.6) is 0 Å². The van der Waals surface area contributed by atoms with E-state index in [4.69, 9.17) is 29.9 Å².